The van der Waals surface area contributed by atoms with Crippen LogP contribution in [-0.4, -0.2) is 35.4 Å². The fourth-order valence-electron chi connectivity index (χ4n) is 2.82. The lowest BCUT2D eigenvalue weighted by Crippen LogP contribution is -2.09. The summed E-state index contributed by atoms with van der Waals surface area (Å²) in [6, 6.07) is 13.3. The molecule has 0 saturated heterocycles. The topological polar surface area (TPSA) is 93.1 Å². The predicted octanol–water partition coefficient (Wildman–Crippen LogP) is 4.68. The monoisotopic (exact) mass is 438 g/mol. The maximum atomic E-state index is 11.3. The minimum absolute atomic E-state index is 0.0698. The highest BCUT2D eigenvalue weighted by molar-refractivity contribution is 5.71. The van der Waals surface area contributed by atoms with Crippen molar-refractivity contribution in [3.8, 4) is 23.8 Å². The SMILES string of the molecule is C#C[C@@H](CC(=O)OCC)c1ccc(O)cc1.C=C[C@@H](CC(=O)OCC)c1ccc(O)cc1. The van der Waals surface area contributed by atoms with Gasteiger partial charge in [-0.2, -0.15) is 0 Å². The number of allylic oxidation sites excluding steroid dienone is 1. The molecule has 0 unspecified atom stereocenters. The van der Waals surface area contributed by atoms with Crippen molar-refractivity contribution in [2.75, 3.05) is 13.2 Å². The van der Waals surface area contributed by atoms with Crippen LogP contribution in [0.4, 0.5) is 0 Å². The molecule has 2 aromatic rings. The van der Waals surface area contributed by atoms with E-state index in [1.165, 1.54) is 0 Å². The molecule has 2 aromatic carbocycles. The van der Waals surface area contributed by atoms with Crippen molar-refractivity contribution in [1.82, 2.24) is 0 Å². The summed E-state index contributed by atoms with van der Waals surface area (Å²) in [4.78, 5) is 22.6. The van der Waals surface area contributed by atoms with E-state index in [2.05, 4.69) is 12.5 Å². The van der Waals surface area contributed by atoms with Gasteiger partial charge in [0.05, 0.1) is 32.0 Å². The van der Waals surface area contributed by atoms with E-state index in [1.54, 1.807) is 68.5 Å². The van der Waals surface area contributed by atoms with E-state index in [4.69, 9.17) is 26.1 Å². The van der Waals surface area contributed by atoms with Gasteiger partial charge in [-0.25, -0.2) is 0 Å². The molecule has 32 heavy (non-hydrogen) atoms. The minimum Gasteiger partial charge on any atom is -0.508 e. The number of carbonyl (C=O) groups is 2. The van der Waals surface area contributed by atoms with E-state index in [1.807, 2.05) is 0 Å². The summed E-state index contributed by atoms with van der Waals surface area (Å²) < 4.78 is 9.72. The smallest absolute Gasteiger partial charge is 0.307 e. The Balaban J connectivity index is 0.000000320. The second-order valence-electron chi connectivity index (χ2n) is 6.76. The number of hydrogen-bond acceptors (Lipinski definition) is 6. The predicted molar refractivity (Wildman–Crippen MR) is 123 cm³/mol. The highest BCUT2D eigenvalue weighted by atomic mass is 16.5. The lowest BCUT2D eigenvalue weighted by atomic mass is 9.96. The van der Waals surface area contributed by atoms with E-state index in [0.717, 1.165) is 11.1 Å². The van der Waals surface area contributed by atoms with E-state index in [9.17, 15) is 9.59 Å². The van der Waals surface area contributed by atoms with Crippen LogP contribution < -0.4 is 0 Å². The van der Waals surface area contributed by atoms with Gasteiger partial charge in [-0.3, -0.25) is 9.59 Å². The number of esters is 2. The minimum atomic E-state index is -0.307. The standard InChI is InChI=1S/C13H16O3.C13H14O3/c2*1-3-10(9-13(15)16-4-2)11-5-7-12(14)8-6-11/h3,5-8,10,14H,1,4,9H2,2H3;1,5-8,10,14H,4,9H2,2H3/t2*10-/m00/s1. The van der Waals surface area contributed by atoms with Gasteiger partial charge in [-0.05, 0) is 49.2 Å². The molecule has 0 heterocycles. The molecular weight excluding hydrogens is 408 g/mol. The number of hydrogen-bond donors (Lipinski definition) is 2. The number of terminal acetylenes is 1. The molecule has 2 N–H and O–H groups in total. The first kappa shape index (κ1) is 26.3. The molecule has 0 saturated carbocycles. The second-order valence-corrected chi connectivity index (χ2v) is 6.76. The normalized spacial score (nSPS) is 11.7. The van der Waals surface area contributed by atoms with Crippen LogP contribution in [0.3, 0.4) is 0 Å². The maximum absolute atomic E-state index is 11.3. The molecule has 0 amide bonds. The van der Waals surface area contributed by atoms with Gasteiger partial charge in [-0.15, -0.1) is 13.0 Å². The Morgan fingerprint density at radius 1 is 0.906 bits per heavy atom. The molecule has 0 aromatic heterocycles. The van der Waals surface area contributed by atoms with Gasteiger partial charge in [0.2, 0.25) is 0 Å². The molecule has 2 atom stereocenters. The highest BCUT2D eigenvalue weighted by Crippen LogP contribution is 2.23. The van der Waals surface area contributed by atoms with Gasteiger partial charge >= 0.3 is 11.9 Å². The van der Waals surface area contributed by atoms with Gasteiger partial charge in [0, 0.05) is 5.92 Å². The summed E-state index contributed by atoms with van der Waals surface area (Å²) in [5.41, 5.74) is 1.77. The van der Waals surface area contributed by atoms with Crippen LogP contribution in [0.1, 0.15) is 49.7 Å². The fourth-order valence-corrected chi connectivity index (χ4v) is 2.82. The van der Waals surface area contributed by atoms with Crippen molar-refractivity contribution in [1.29, 1.82) is 0 Å². The molecule has 0 aliphatic carbocycles. The summed E-state index contributed by atoms with van der Waals surface area (Å²) in [5, 5.41) is 18.3. The quantitative estimate of drug-likeness (QED) is 0.336. The van der Waals surface area contributed by atoms with E-state index < -0.39 is 0 Å². The summed E-state index contributed by atoms with van der Waals surface area (Å²) >= 11 is 0. The van der Waals surface area contributed by atoms with Crippen LogP contribution in [0.5, 0.6) is 11.5 Å². The molecule has 0 bridgehead atoms. The van der Waals surface area contributed by atoms with Crippen LogP contribution in [0.15, 0.2) is 61.2 Å². The largest absolute Gasteiger partial charge is 0.508 e. The number of phenols is 2. The van der Waals surface area contributed by atoms with Crippen molar-refractivity contribution in [2.24, 2.45) is 0 Å². The first-order valence-corrected chi connectivity index (χ1v) is 10.3. The molecule has 2 rings (SSSR count). The maximum Gasteiger partial charge on any atom is 0.307 e. The molecular formula is C26H30O6. The van der Waals surface area contributed by atoms with Crippen LogP contribution in [-0.2, 0) is 19.1 Å². The Kier molecular flexibility index (Phi) is 11.8. The molecule has 0 spiro atoms. The van der Waals surface area contributed by atoms with Crippen LogP contribution in [0.2, 0.25) is 0 Å². The first-order valence-electron chi connectivity index (χ1n) is 10.3. The van der Waals surface area contributed by atoms with Crippen LogP contribution >= 0.6 is 0 Å². The fraction of sp³-hybridized carbons (Fsp3) is 0.308. The summed E-state index contributed by atoms with van der Waals surface area (Å²) in [5.74, 6) is 2.01. The molecule has 6 heteroatoms. The zero-order valence-corrected chi connectivity index (χ0v) is 18.5. The third-order valence-corrected chi connectivity index (χ3v) is 4.47. The molecule has 0 radical (unpaired) electrons. The van der Waals surface area contributed by atoms with Crippen molar-refractivity contribution in [3.63, 3.8) is 0 Å². The summed E-state index contributed by atoms with van der Waals surface area (Å²) in [6.45, 7) is 7.98. The van der Waals surface area contributed by atoms with Gasteiger partial charge in [0.25, 0.3) is 0 Å². The average Bonchev–Trinajstić information content (AvgIpc) is 2.78. The summed E-state index contributed by atoms with van der Waals surface area (Å²) in [6.07, 6.45) is 7.52. The Labute approximate surface area is 189 Å². The zero-order valence-electron chi connectivity index (χ0n) is 18.5. The summed E-state index contributed by atoms with van der Waals surface area (Å²) in [7, 11) is 0. The molecule has 0 aliphatic heterocycles. The lowest BCUT2D eigenvalue weighted by molar-refractivity contribution is -0.144. The Morgan fingerprint density at radius 2 is 1.34 bits per heavy atom. The zero-order chi connectivity index (χ0) is 23.9. The van der Waals surface area contributed by atoms with E-state index in [0.29, 0.717) is 13.2 Å². The molecule has 0 aliphatic rings. The third kappa shape index (κ3) is 9.40. The Bertz CT molecular complexity index is 893. The molecule has 170 valence electrons. The van der Waals surface area contributed by atoms with Gasteiger partial charge in [0.15, 0.2) is 0 Å². The van der Waals surface area contributed by atoms with E-state index in [-0.39, 0.29) is 48.1 Å². The molecule has 0 fully saturated rings. The van der Waals surface area contributed by atoms with Gasteiger partial charge in [0.1, 0.15) is 11.5 Å². The number of benzene rings is 2. The average molecular weight is 439 g/mol. The van der Waals surface area contributed by atoms with Crippen molar-refractivity contribution in [3.05, 3.63) is 72.3 Å². The van der Waals surface area contributed by atoms with E-state index >= 15 is 0 Å². The first-order chi connectivity index (χ1) is 15.3. The lowest BCUT2D eigenvalue weighted by Gasteiger charge is -2.11. The van der Waals surface area contributed by atoms with Crippen molar-refractivity contribution < 1.29 is 29.3 Å². The number of ether oxygens (including phenoxy) is 2. The van der Waals surface area contributed by atoms with Gasteiger partial charge in [-0.1, -0.05) is 36.3 Å². The highest BCUT2D eigenvalue weighted by Gasteiger charge is 2.14. The number of rotatable bonds is 9. The van der Waals surface area contributed by atoms with Crippen molar-refractivity contribution >= 4 is 11.9 Å². The van der Waals surface area contributed by atoms with Gasteiger partial charge < -0.3 is 19.7 Å². The second kappa shape index (κ2) is 14.3. The van der Waals surface area contributed by atoms with Crippen LogP contribution in [0, 0.1) is 12.3 Å². The van der Waals surface area contributed by atoms with Crippen molar-refractivity contribution in [2.45, 2.75) is 38.5 Å². The molecule has 6 nitrogen and oxygen atoms in total. The number of carbonyl (C=O) groups excluding carboxylic acids is 2. The number of phenolic OH excluding ortho intramolecular Hbond substituents is 2. The third-order valence-electron chi connectivity index (χ3n) is 4.47. The van der Waals surface area contributed by atoms with Crippen LogP contribution in [0.25, 0.3) is 0 Å². The Hall–Kier alpha value is -3.72. The number of aromatic hydroxyl groups is 2. The Morgan fingerprint density at radius 3 is 1.75 bits per heavy atom.